The summed E-state index contributed by atoms with van der Waals surface area (Å²) in [5, 5.41) is 9.27. The van der Waals surface area contributed by atoms with Gasteiger partial charge in [0.1, 0.15) is 6.07 Å². The number of nitrogens with two attached hydrogens (primary N) is 1. The normalized spacial score (nSPS) is 11.4. The predicted octanol–water partition coefficient (Wildman–Crippen LogP) is 2.58. The maximum absolute atomic E-state index is 13.4. The minimum absolute atomic E-state index is 0.0777. The maximum Gasteiger partial charge on any atom is 0.165 e. The van der Waals surface area contributed by atoms with Gasteiger partial charge in [0.2, 0.25) is 0 Å². The molecule has 0 unspecified atom stereocenters. The average molecular weight is 269 g/mol. The molecule has 20 heavy (non-hydrogen) atoms. The molecule has 0 amide bonds. The number of methoxy groups -OCH3 is 1. The molecule has 1 aromatic carbocycles. The monoisotopic (exact) mass is 269 g/mol. The molecule has 0 spiro atoms. The van der Waals surface area contributed by atoms with E-state index in [0.29, 0.717) is 11.1 Å². The molecule has 0 saturated heterocycles. The van der Waals surface area contributed by atoms with Crippen LogP contribution in [0.15, 0.2) is 42.7 Å². The van der Waals surface area contributed by atoms with Crippen LogP contribution in [0.4, 0.5) is 4.39 Å². The summed E-state index contributed by atoms with van der Waals surface area (Å²) in [4.78, 5) is 3.95. The minimum Gasteiger partial charge on any atom is -0.494 e. The van der Waals surface area contributed by atoms with Gasteiger partial charge in [-0.2, -0.15) is 5.26 Å². The molecule has 2 N–H and O–H groups in total. The van der Waals surface area contributed by atoms with E-state index in [9.17, 15) is 9.65 Å². The number of hydrogen-bond acceptors (Lipinski definition) is 4. The van der Waals surface area contributed by atoms with Crippen LogP contribution in [-0.4, -0.2) is 12.1 Å². The first-order chi connectivity index (χ1) is 9.67. The Kier molecular flexibility index (Phi) is 3.96. The SMILES string of the molecule is COc1cc(/C(N)=C(/C#N)c2cccnc2)ccc1F. The Labute approximate surface area is 115 Å². The van der Waals surface area contributed by atoms with Crippen LogP contribution in [0.2, 0.25) is 0 Å². The summed E-state index contributed by atoms with van der Waals surface area (Å²) in [6.07, 6.45) is 3.15. The van der Waals surface area contributed by atoms with Crippen LogP contribution in [0, 0.1) is 17.1 Å². The number of allylic oxidation sites excluding steroid dienone is 1. The number of nitrogens with zero attached hydrogens (tertiary/aromatic N) is 2. The zero-order valence-electron chi connectivity index (χ0n) is 10.8. The fraction of sp³-hybridized carbons (Fsp3) is 0.0667. The molecule has 2 rings (SSSR count). The Morgan fingerprint density at radius 1 is 1.35 bits per heavy atom. The van der Waals surface area contributed by atoms with Gasteiger partial charge < -0.3 is 10.5 Å². The number of halogens is 1. The zero-order chi connectivity index (χ0) is 14.5. The molecule has 4 nitrogen and oxygen atoms in total. The number of hydrogen-bond donors (Lipinski definition) is 1. The molecule has 0 bridgehead atoms. The summed E-state index contributed by atoms with van der Waals surface area (Å²) >= 11 is 0. The Bertz CT molecular complexity index is 690. The fourth-order valence-corrected chi connectivity index (χ4v) is 1.76. The van der Waals surface area contributed by atoms with E-state index >= 15 is 0 Å². The number of nitriles is 1. The number of ether oxygens (including phenoxy) is 1. The summed E-state index contributed by atoms with van der Waals surface area (Å²) in [7, 11) is 1.37. The number of pyridine rings is 1. The van der Waals surface area contributed by atoms with E-state index in [0.717, 1.165) is 0 Å². The molecule has 1 aromatic heterocycles. The highest BCUT2D eigenvalue weighted by Crippen LogP contribution is 2.26. The standard InChI is InChI=1S/C15H12FN3O/c1-20-14-7-10(4-5-13(14)16)15(18)12(8-17)11-3-2-6-19-9-11/h2-7,9H,18H2,1H3/b15-12+. The number of benzene rings is 1. The third-order valence-corrected chi connectivity index (χ3v) is 2.79. The first kappa shape index (κ1) is 13.6. The topological polar surface area (TPSA) is 71.9 Å². The van der Waals surface area contributed by atoms with Crippen molar-refractivity contribution in [1.29, 1.82) is 5.26 Å². The van der Waals surface area contributed by atoms with Crippen LogP contribution in [0.25, 0.3) is 11.3 Å². The molecule has 0 atom stereocenters. The Morgan fingerprint density at radius 2 is 2.15 bits per heavy atom. The van der Waals surface area contributed by atoms with Crippen LogP contribution in [0.3, 0.4) is 0 Å². The molecule has 100 valence electrons. The summed E-state index contributed by atoms with van der Waals surface area (Å²) < 4.78 is 18.3. The van der Waals surface area contributed by atoms with E-state index in [2.05, 4.69) is 4.98 Å². The second-order valence-electron chi connectivity index (χ2n) is 3.99. The molecule has 0 saturated carbocycles. The molecular formula is C15H12FN3O. The van der Waals surface area contributed by atoms with E-state index < -0.39 is 5.82 Å². The highest BCUT2D eigenvalue weighted by atomic mass is 19.1. The summed E-state index contributed by atoms with van der Waals surface area (Å²) in [5.74, 6) is -0.405. The minimum atomic E-state index is -0.482. The third-order valence-electron chi connectivity index (χ3n) is 2.79. The van der Waals surface area contributed by atoms with Gasteiger partial charge in [-0.1, -0.05) is 6.07 Å². The van der Waals surface area contributed by atoms with Crippen molar-refractivity contribution in [2.24, 2.45) is 5.73 Å². The molecule has 0 aliphatic rings. The van der Waals surface area contributed by atoms with Gasteiger partial charge in [0.05, 0.1) is 18.4 Å². The van der Waals surface area contributed by atoms with E-state index in [1.807, 2.05) is 6.07 Å². The average Bonchev–Trinajstić information content (AvgIpc) is 2.49. The smallest absolute Gasteiger partial charge is 0.165 e. The van der Waals surface area contributed by atoms with Gasteiger partial charge in [0, 0.05) is 23.5 Å². The van der Waals surface area contributed by atoms with Crippen molar-refractivity contribution in [3.05, 3.63) is 59.7 Å². The van der Waals surface area contributed by atoms with Gasteiger partial charge in [-0.15, -0.1) is 0 Å². The van der Waals surface area contributed by atoms with Crippen molar-refractivity contribution < 1.29 is 9.13 Å². The highest BCUT2D eigenvalue weighted by molar-refractivity contribution is 5.95. The molecule has 0 radical (unpaired) electrons. The van der Waals surface area contributed by atoms with Crippen molar-refractivity contribution in [3.63, 3.8) is 0 Å². The summed E-state index contributed by atoms with van der Waals surface area (Å²) in [6, 6.07) is 9.70. The van der Waals surface area contributed by atoms with Crippen molar-refractivity contribution in [2.75, 3.05) is 7.11 Å². The van der Waals surface area contributed by atoms with Crippen molar-refractivity contribution >= 4 is 11.3 Å². The molecule has 0 aliphatic heterocycles. The first-order valence-corrected chi connectivity index (χ1v) is 5.81. The van der Waals surface area contributed by atoms with Crippen LogP contribution in [0.5, 0.6) is 5.75 Å². The molecule has 0 fully saturated rings. The highest BCUT2D eigenvalue weighted by Gasteiger charge is 2.11. The van der Waals surface area contributed by atoms with Gasteiger partial charge in [-0.05, 0) is 24.3 Å². The van der Waals surface area contributed by atoms with E-state index in [4.69, 9.17) is 10.5 Å². The molecular weight excluding hydrogens is 257 g/mol. The molecule has 1 heterocycles. The van der Waals surface area contributed by atoms with Crippen molar-refractivity contribution in [1.82, 2.24) is 4.98 Å². The lowest BCUT2D eigenvalue weighted by atomic mass is 10.0. The fourth-order valence-electron chi connectivity index (χ4n) is 1.76. The quantitative estimate of drug-likeness (QED) is 0.869. The first-order valence-electron chi connectivity index (χ1n) is 5.81. The van der Waals surface area contributed by atoms with Crippen LogP contribution in [-0.2, 0) is 0 Å². The molecule has 2 aromatic rings. The van der Waals surface area contributed by atoms with E-state index in [1.54, 1.807) is 24.5 Å². The van der Waals surface area contributed by atoms with Crippen molar-refractivity contribution in [2.45, 2.75) is 0 Å². The van der Waals surface area contributed by atoms with Crippen LogP contribution in [0.1, 0.15) is 11.1 Å². The lowest BCUT2D eigenvalue weighted by Gasteiger charge is -2.08. The lowest BCUT2D eigenvalue weighted by Crippen LogP contribution is -2.02. The van der Waals surface area contributed by atoms with Gasteiger partial charge in [0.25, 0.3) is 0 Å². The van der Waals surface area contributed by atoms with Crippen LogP contribution >= 0.6 is 0 Å². The van der Waals surface area contributed by atoms with E-state index in [-0.39, 0.29) is 17.0 Å². The van der Waals surface area contributed by atoms with Gasteiger partial charge in [-0.3, -0.25) is 4.98 Å². The second-order valence-corrected chi connectivity index (χ2v) is 3.99. The van der Waals surface area contributed by atoms with Gasteiger partial charge in [0.15, 0.2) is 11.6 Å². The molecule has 5 heteroatoms. The van der Waals surface area contributed by atoms with Crippen molar-refractivity contribution in [3.8, 4) is 11.8 Å². The van der Waals surface area contributed by atoms with E-state index in [1.165, 1.54) is 25.3 Å². The maximum atomic E-state index is 13.4. The number of aromatic nitrogens is 1. The Balaban J connectivity index is 2.55. The van der Waals surface area contributed by atoms with Crippen LogP contribution < -0.4 is 10.5 Å². The lowest BCUT2D eigenvalue weighted by molar-refractivity contribution is 0.386. The van der Waals surface area contributed by atoms with Gasteiger partial charge >= 0.3 is 0 Å². The van der Waals surface area contributed by atoms with Gasteiger partial charge in [-0.25, -0.2) is 4.39 Å². The summed E-state index contributed by atoms with van der Waals surface area (Å²) in [5.41, 5.74) is 7.66. The molecule has 0 aliphatic carbocycles. The zero-order valence-corrected chi connectivity index (χ0v) is 10.8. The Morgan fingerprint density at radius 3 is 2.75 bits per heavy atom. The Hall–Kier alpha value is -2.87. The summed E-state index contributed by atoms with van der Waals surface area (Å²) in [6.45, 7) is 0. The number of rotatable bonds is 3. The third kappa shape index (κ3) is 2.59. The second kappa shape index (κ2) is 5.85. The predicted molar refractivity (Wildman–Crippen MR) is 73.8 cm³/mol. The largest absolute Gasteiger partial charge is 0.494 e.